The molecule has 0 aromatic carbocycles. The van der Waals surface area contributed by atoms with Gasteiger partial charge in [-0.1, -0.05) is 6.92 Å². The third-order valence-corrected chi connectivity index (χ3v) is 4.90. The van der Waals surface area contributed by atoms with E-state index in [2.05, 4.69) is 6.92 Å². The number of nitrogens with zero attached hydrogens (tertiary/aromatic N) is 2. The topological polar surface area (TPSA) is 58.2 Å². The van der Waals surface area contributed by atoms with E-state index < -0.39 is 0 Å². The minimum Gasteiger partial charge on any atom is -0.459 e. The summed E-state index contributed by atoms with van der Waals surface area (Å²) in [5.74, 6) is 1.22. The van der Waals surface area contributed by atoms with Crippen molar-refractivity contribution in [1.29, 1.82) is 0 Å². The van der Waals surface area contributed by atoms with Gasteiger partial charge in [0.1, 0.15) is 0 Å². The van der Waals surface area contributed by atoms with Gasteiger partial charge in [-0.15, -0.1) is 0 Å². The summed E-state index contributed by atoms with van der Waals surface area (Å²) in [6.45, 7) is 7.57. The van der Waals surface area contributed by atoms with E-state index in [1.54, 1.807) is 12.1 Å². The zero-order chi connectivity index (χ0) is 16.2. The number of hydrogen-bond acceptors (Lipinski definition) is 3. The Kier molecular flexibility index (Phi) is 5.00. The van der Waals surface area contributed by atoms with Crippen LogP contribution in [-0.2, 0) is 4.79 Å². The number of rotatable bonds is 3. The van der Waals surface area contributed by atoms with Crippen LogP contribution in [0.1, 0.15) is 30.3 Å². The molecule has 1 N–H and O–H groups in total. The van der Waals surface area contributed by atoms with Crippen LogP contribution in [0.5, 0.6) is 0 Å². The molecule has 2 fully saturated rings. The Hall–Kier alpha value is -1.82. The first-order valence-electron chi connectivity index (χ1n) is 8.57. The Morgan fingerprint density at radius 1 is 1.26 bits per heavy atom. The lowest BCUT2D eigenvalue weighted by molar-refractivity contribution is -0.896. The Bertz CT molecular complexity index is 535. The molecule has 0 spiro atoms. The van der Waals surface area contributed by atoms with Crippen LogP contribution in [0.3, 0.4) is 0 Å². The smallest absolute Gasteiger partial charge is 0.289 e. The molecule has 0 saturated carbocycles. The highest BCUT2D eigenvalue weighted by Crippen LogP contribution is 2.15. The van der Waals surface area contributed by atoms with Crippen LogP contribution < -0.4 is 4.90 Å². The predicted octanol–water partition coefficient (Wildman–Crippen LogP) is -0.121. The Balaban J connectivity index is 1.45. The van der Waals surface area contributed by atoms with Crippen molar-refractivity contribution < 1.29 is 18.9 Å². The molecule has 0 unspecified atom stereocenters. The summed E-state index contributed by atoms with van der Waals surface area (Å²) in [7, 11) is 0. The van der Waals surface area contributed by atoms with E-state index in [0.29, 0.717) is 31.3 Å². The van der Waals surface area contributed by atoms with E-state index >= 15 is 0 Å². The number of piperidine rings is 1. The van der Waals surface area contributed by atoms with E-state index in [4.69, 9.17) is 4.42 Å². The molecule has 0 radical (unpaired) electrons. The van der Waals surface area contributed by atoms with Crippen molar-refractivity contribution in [2.45, 2.75) is 19.8 Å². The average molecular weight is 320 g/mol. The third-order valence-electron chi connectivity index (χ3n) is 4.90. The van der Waals surface area contributed by atoms with E-state index in [-0.39, 0.29) is 11.8 Å². The first kappa shape index (κ1) is 16.1. The molecule has 6 heteroatoms. The fourth-order valence-corrected chi connectivity index (χ4v) is 3.50. The standard InChI is InChI=1S/C17H25N3O3/c1-14-4-2-6-20(12-14)16(21)13-18-7-9-19(10-8-18)17(22)15-5-3-11-23-15/h3,5,11,14H,2,4,6-10,12-13H2,1H3/p+1/t14-/m1/s1. The molecule has 3 rings (SSSR count). The highest BCUT2D eigenvalue weighted by molar-refractivity contribution is 5.91. The lowest BCUT2D eigenvalue weighted by atomic mass is 10.0. The van der Waals surface area contributed by atoms with Crippen LogP contribution >= 0.6 is 0 Å². The van der Waals surface area contributed by atoms with E-state index in [0.717, 1.165) is 32.6 Å². The monoisotopic (exact) mass is 320 g/mol. The Morgan fingerprint density at radius 2 is 2.04 bits per heavy atom. The maximum Gasteiger partial charge on any atom is 0.289 e. The Labute approximate surface area is 137 Å². The van der Waals surface area contributed by atoms with Crippen molar-refractivity contribution >= 4 is 11.8 Å². The van der Waals surface area contributed by atoms with Gasteiger partial charge in [-0.3, -0.25) is 9.59 Å². The first-order chi connectivity index (χ1) is 11.1. The van der Waals surface area contributed by atoms with Crippen molar-refractivity contribution in [3.8, 4) is 0 Å². The quantitative estimate of drug-likeness (QED) is 0.845. The summed E-state index contributed by atoms with van der Waals surface area (Å²) in [6, 6.07) is 3.43. The van der Waals surface area contributed by atoms with Gasteiger partial charge in [-0.05, 0) is 30.9 Å². The number of furan rings is 1. The zero-order valence-electron chi connectivity index (χ0n) is 13.8. The van der Waals surface area contributed by atoms with Crippen LogP contribution in [0.15, 0.2) is 22.8 Å². The largest absolute Gasteiger partial charge is 0.459 e. The van der Waals surface area contributed by atoms with E-state index in [1.165, 1.54) is 17.6 Å². The molecule has 2 saturated heterocycles. The third kappa shape index (κ3) is 3.93. The minimum absolute atomic E-state index is 0.0507. The molecule has 2 amide bonds. The molecular formula is C17H26N3O3+. The van der Waals surface area contributed by atoms with Crippen molar-refractivity contribution in [3.63, 3.8) is 0 Å². The summed E-state index contributed by atoms with van der Waals surface area (Å²) >= 11 is 0. The van der Waals surface area contributed by atoms with Crippen LogP contribution in [0.2, 0.25) is 0 Å². The average Bonchev–Trinajstić information content (AvgIpc) is 3.09. The highest BCUT2D eigenvalue weighted by atomic mass is 16.3. The van der Waals surface area contributed by atoms with Gasteiger partial charge < -0.3 is 19.1 Å². The normalized spacial score (nSPS) is 23.1. The molecule has 0 bridgehead atoms. The Morgan fingerprint density at radius 3 is 2.70 bits per heavy atom. The predicted molar refractivity (Wildman–Crippen MR) is 85.2 cm³/mol. The maximum atomic E-state index is 12.4. The summed E-state index contributed by atoms with van der Waals surface area (Å²) < 4.78 is 5.17. The van der Waals surface area contributed by atoms with Gasteiger partial charge in [-0.2, -0.15) is 0 Å². The number of carbonyl (C=O) groups excluding carboxylic acids is 2. The zero-order valence-corrected chi connectivity index (χ0v) is 13.8. The van der Waals surface area contributed by atoms with Gasteiger partial charge in [0.2, 0.25) is 0 Å². The first-order valence-corrected chi connectivity index (χ1v) is 8.57. The lowest BCUT2D eigenvalue weighted by Gasteiger charge is -2.34. The summed E-state index contributed by atoms with van der Waals surface area (Å²) in [5, 5.41) is 0. The second kappa shape index (κ2) is 7.17. The molecule has 6 nitrogen and oxygen atoms in total. The van der Waals surface area contributed by atoms with Crippen molar-refractivity contribution in [3.05, 3.63) is 24.2 Å². The second-order valence-electron chi connectivity index (χ2n) is 6.78. The minimum atomic E-state index is -0.0507. The summed E-state index contributed by atoms with van der Waals surface area (Å²) in [4.78, 5) is 29.7. The molecule has 23 heavy (non-hydrogen) atoms. The van der Waals surface area contributed by atoms with Crippen LogP contribution in [-0.4, -0.2) is 67.4 Å². The number of nitrogens with one attached hydrogen (secondary N) is 1. The molecule has 1 atom stereocenters. The molecule has 2 aliphatic rings. The number of quaternary nitrogens is 1. The van der Waals surface area contributed by atoms with Gasteiger partial charge >= 0.3 is 0 Å². The van der Waals surface area contributed by atoms with Gasteiger partial charge in [0.05, 0.1) is 32.4 Å². The number of piperazine rings is 1. The van der Waals surface area contributed by atoms with Crippen LogP contribution in [0, 0.1) is 5.92 Å². The molecule has 2 aliphatic heterocycles. The summed E-state index contributed by atoms with van der Waals surface area (Å²) in [5.41, 5.74) is 0. The number of carbonyl (C=O) groups is 2. The lowest BCUT2D eigenvalue weighted by Crippen LogP contribution is -3.15. The maximum absolute atomic E-state index is 12.4. The van der Waals surface area contributed by atoms with Gasteiger partial charge in [0.15, 0.2) is 12.3 Å². The molecule has 1 aromatic rings. The van der Waals surface area contributed by atoms with Gasteiger partial charge in [0, 0.05) is 13.1 Å². The number of likely N-dealkylation sites (tertiary alicyclic amines) is 1. The van der Waals surface area contributed by atoms with E-state index in [1.807, 2.05) is 9.80 Å². The fourth-order valence-electron chi connectivity index (χ4n) is 3.50. The van der Waals surface area contributed by atoms with Crippen LogP contribution in [0.4, 0.5) is 0 Å². The van der Waals surface area contributed by atoms with Crippen molar-refractivity contribution in [1.82, 2.24) is 9.80 Å². The number of hydrogen-bond donors (Lipinski definition) is 1. The molecule has 126 valence electrons. The number of amides is 2. The molecule has 3 heterocycles. The van der Waals surface area contributed by atoms with Crippen LogP contribution in [0.25, 0.3) is 0 Å². The molecular weight excluding hydrogens is 294 g/mol. The second-order valence-corrected chi connectivity index (χ2v) is 6.78. The SMILES string of the molecule is C[C@@H]1CCCN(C(=O)C[NH+]2CCN(C(=O)c3ccco3)CC2)C1. The van der Waals surface area contributed by atoms with Crippen molar-refractivity contribution in [2.75, 3.05) is 45.8 Å². The molecule has 0 aliphatic carbocycles. The van der Waals surface area contributed by atoms with Crippen molar-refractivity contribution in [2.24, 2.45) is 5.92 Å². The van der Waals surface area contributed by atoms with E-state index in [9.17, 15) is 9.59 Å². The van der Waals surface area contributed by atoms with Gasteiger partial charge in [-0.25, -0.2) is 0 Å². The molecule has 1 aromatic heterocycles. The summed E-state index contributed by atoms with van der Waals surface area (Å²) in [6.07, 6.45) is 3.87. The van der Waals surface area contributed by atoms with Gasteiger partial charge in [0.25, 0.3) is 11.8 Å². The fraction of sp³-hybridized carbons (Fsp3) is 0.647. The highest BCUT2D eigenvalue weighted by Gasteiger charge is 2.29.